The number of rotatable bonds is 5. The van der Waals surface area contributed by atoms with Crippen LogP contribution in [0.5, 0.6) is 5.75 Å². The van der Waals surface area contributed by atoms with E-state index in [9.17, 15) is 14.7 Å². The molecule has 3 N–H and O–H groups in total. The Bertz CT molecular complexity index is 653. The summed E-state index contributed by atoms with van der Waals surface area (Å²) in [5.41, 5.74) is 1.58. The number of anilines is 1. The van der Waals surface area contributed by atoms with E-state index in [4.69, 9.17) is 5.11 Å². The number of carbonyl (C=O) groups excluding carboxylic acids is 1. The van der Waals surface area contributed by atoms with E-state index in [0.717, 1.165) is 5.56 Å². The number of carboxylic acids is 1. The van der Waals surface area contributed by atoms with Crippen LogP contribution in [0.3, 0.4) is 0 Å². The summed E-state index contributed by atoms with van der Waals surface area (Å²) in [7, 11) is 0. The Morgan fingerprint density at radius 2 is 1.67 bits per heavy atom. The maximum absolute atomic E-state index is 11.9. The van der Waals surface area contributed by atoms with Gasteiger partial charge in [-0.2, -0.15) is 0 Å². The van der Waals surface area contributed by atoms with E-state index in [-0.39, 0.29) is 30.2 Å². The molecule has 2 aromatic rings. The second-order valence-corrected chi connectivity index (χ2v) is 4.63. The predicted molar refractivity (Wildman–Crippen MR) is 78.2 cm³/mol. The average Bonchev–Trinajstić information content (AvgIpc) is 2.43. The second kappa shape index (κ2) is 6.56. The van der Waals surface area contributed by atoms with Crippen LogP contribution in [0.25, 0.3) is 0 Å². The van der Waals surface area contributed by atoms with Gasteiger partial charge in [-0.15, -0.1) is 0 Å². The topological polar surface area (TPSA) is 86.6 Å². The van der Waals surface area contributed by atoms with Crippen molar-refractivity contribution in [2.24, 2.45) is 0 Å². The molecule has 2 aromatic carbocycles. The first-order chi connectivity index (χ1) is 10.0. The van der Waals surface area contributed by atoms with Crippen LogP contribution in [0.15, 0.2) is 48.5 Å². The first-order valence-corrected chi connectivity index (χ1v) is 6.42. The number of hydrogen-bond acceptors (Lipinski definition) is 3. The fourth-order valence-corrected chi connectivity index (χ4v) is 1.94. The molecule has 5 heteroatoms. The summed E-state index contributed by atoms with van der Waals surface area (Å²) in [4.78, 5) is 22.6. The van der Waals surface area contributed by atoms with E-state index in [1.807, 2.05) is 30.3 Å². The van der Waals surface area contributed by atoms with Gasteiger partial charge in [0.1, 0.15) is 5.75 Å². The van der Waals surface area contributed by atoms with Gasteiger partial charge in [-0.25, -0.2) is 0 Å². The number of nitrogens with one attached hydrogen (secondary N) is 1. The third-order valence-electron chi connectivity index (χ3n) is 2.90. The molecule has 5 nitrogen and oxygen atoms in total. The van der Waals surface area contributed by atoms with E-state index in [0.29, 0.717) is 5.56 Å². The molecule has 0 radical (unpaired) electrons. The molecule has 0 saturated heterocycles. The largest absolute Gasteiger partial charge is 0.506 e. The first-order valence-electron chi connectivity index (χ1n) is 6.42. The van der Waals surface area contributed by atoms with Crippen LogP contribution in [0, 0.1) is 0 Å². The van der Waals surface area contributed by atoms with Gasteiger partial charge in [0.05, 0.1) is 18.5 Å². The summed E-state index contributed by atoms with van der Waals surface area (Å²) in [5, 5.41) is 21.1. The Hall–Kier alpha value is -2.82. The van der Waals surface area contributed by atoms with Crippen LogP contribution in [0.2, 0.25) is 0 Å². The van der Waals surface area contributed by atoms with Crippen LogP contribution >= 0.6 is 0 Å². The highest BCUT2D eigenvalue weighted by molar-refractivity contribution is 5.93. The molecule has 0 fully saturated rings. The van der Waals surface area contributed by atoms with Crippen molar-refractivity contribution in [1.29, 1.82) is 0 Å². The number of amides is 1. The fraction of sp³-hybridized carbons (Fsp3) is 0.125. The van der Waals surface area contributed by atoms with Crippen molar-refractivity contribution >= 4 is 17.6 Å². The summed E-state index contributed by atoms with van der Waals surface area (Å²) in [5.74, 6) is -1.34. The number of benzene rings is 2. The minimum atomic E-state index is -0.970. The third kappa shape index (κ3) is 4.35. The van der Waals surface area contributed by atoms with Crippen molar-refractivity contribution in [2.45, 2.75) is 12.8 Å². The maximum atomic E-state index is 11.9. The molecular formula is C16H15NO4. The Morgan fingerprint density at radius 3 is 2.33 bits per heavy atom. The number of phenolic OH excluding ortho intramolecular Hbond substituents is 1. The number of carbonyl (C=O) groups is 2. The van der Waals surface area contributed by atoms with Gasteiger partial charge in [-0.05, 0) is 23.3 Å². The number of carboxylic acid groups (broad SMARTS) is 1. The molecule has 0 unspecified atom stereocenters. The van der Waals surface area contributed by atoms with Gasteiger partial charge in [0.2, 0.25) is 5.91 Å². The van der Waals surface area contributed by atoms with E-state index in [1.165, 1.54) is 18.2 Å². The molecule has 0 spiro atoms. The molecule has 0 saturated carbocycles. The quantitative estimate of drug-likeness (QED) is 0.735. The molecule has 0 bridgehead atoms. The standard InChI is InChI=1S/C16H15NO4/c18-14-7-6-12(10-16(20)21)8-13(14)17-15(19)9-11-4-2-1-3-5-11/h1-8,18H,9-10H2,(H,17,19)(H,20,21). The van der Waals surface area contributed by atoms with Crippen LogP contribution < -0.4 is 5.32 Å². The lowest BCUT2D eigenvalue weighted by Crippen LogP contribution is -2.14. The molecule has 108 valence electrons. The van der Waals surface area contributed by atoms with Gasteiger partial charge >= 0.3 is 5.97 Å². The Kier molecular flexibility index (Phi) is 4.56. The van der Waals surface area contributed by atoms with E-state index in [2.05, 4.69) is 5.32 Å². The Balaban J connectivity index is 2.07. The van der Waals surface area contributed by atoms with Gasteiger partial charge in [0, 0.05) is 0 Å². The van der Waals surface area contributed by atoms with E-state index < -0.39 is 5.97 Å². The molecule has 0 aliphatic carbocycles. The van der Waals surface area contributed by atoms with E-state index in [1.54, 1.807) is 0 Å². The van der Waals surface area contributed by atoms with Crippen molar-refractivity contribution in [1.82, 2.24) is 0 Å². The highest BCUT2D eigenvalue weighted by Gasteiger charge is 2.09. The summed E-state index contributed by atoms with van der Waals surface area (Å²) in [6.45, 7) is 0. The van der Waals surface area contributed by atoms with Crippen LogP contribution in [-0.4, -0.2) is 22.1 Å². The van der Waals surface area contributed by atoms with Crippen molar-refractivity contribution in [2.75, 3.05) is 5.32 Å². The second-order valence-electron chi connectivity index (χ2n) is 4.63. The van der Waals surface area contributed by atoms with Crippen LogP contribution in [-0.2, 0) is 22.4 Å². The number of aliphatic carboxylic acids is 1. The minimum Gasteiger partial charge on any atom is -0.506 e. The molecule has 1 amide bonds. The normalized spacial score (nSPS) is 10.1. The summed E-state index contributed by atoms with van der Waals surface area (Å²) < 4.78 is 0. The smallest absolute Gasteiger partial charge is 0.307 e. The van der Waals surface area contributed by atoms with Crippen molar-refractivity contribution in [3.63, 3.8) is 0 Å². The highest BCUT2D eigenvalue weighted by atomic mass is 16.4. The fourth-order valence-electron chi connectivity index (χ4n) is 1.94. The lowest BCUT2D eigenvalue weighted by atomic mass is 10.1. The monoisotopic (exact) mass is 285 g/mol. The van der Waals surface area contributed by atoms with Gasteiger partial charge < -0.3 is 15.5 Å². The van der Waals surface area contributed by atoms with Crippen molar-refractivity contribution in [3.05, 3.63) is 59.7 Å². The van der Waals surface area contributed by atoms with Crippen molar-refractivity contribution in [3.8, 4) is 5.75 Å². The summed E-state index contributed by atoms with van der Waals surface area (Å²) >= 11 is 0. The maximum Gasteiger partial charge on any atom is 0.307 e. The SMILES string of the molecule is O=C(O)Cc1ccc(O)c(NC(=O)Cc2ccccc2)c1. The number of hydrogen-bond donors (Lipinski definition) is 3. The van der Waals surface area contributed by atoms with Crippen LogP contribution in [0.4, 0.5) is 5.69 Å². The molecule has 21 heavy (non-hydrogen) atoms. The molecule has 0 heterocycles. The third-order valence-corrected chi connectivity index (χ3v) is 2.90. The van der Waals surface area contributed by atoms with Gasteiger partial charge in [-0.3, -0.25) is 9.59 Å². The molecule has 0 aliphatic rings. The molecule has 0 atom stereocenters. The number of aromatic hydroxyl groups is 1. The molecule has 0 aliphatic heterocycles. The Labute approximate surface area is 121 Å². The predicted octanol–water partition coefficient (Wildman–Crippen LogP) is 2.20. The highest BCUT2D eigenvalue weighted by Crippen LogP contribution is 2.24. The van der Waals surface area contributed by atoms with Gasteiger partial charge in [0.25, 0.3) is 0 Å². The van der Waals surface area contributed by atoms with Crippen LogP contribution in [0.1, 0.15) is 11.1 Å². The zero-order chi connectivity index (χ0) is 15.2. The van der Waals surface area contributed by atoms with Crippen molar-refractivity contribution < 1.29 is 19.8 Å². The minimum absolute atomic E-state index is 0.0921. The molecule has 0 aromatic heterocycles. The van der Waals surface area contributed by atoms with E-state index >= 15 is 0 Å². The number of phenols is 1. The van der Waals surface area contributed by atoms with Gasteiger partial charge in [-0.1, -0.05) is 36.4 Å². The molecule has 2 rings (SSSR count). The summed E-state index contributed by atoms with van der Waals surface area (Å²) in [6.07, 6.45) is 0.0191. The molecular weight excluding hydrogens is 270 g/mol. The zero-order valence-corrected chi connectivity index (χ0v) is 11.2. The lowest BCUT2D eigenvalue weighted by Gasteiger charge is -2.09. The summed E-state index contributed by atoms with van der Waals surface area (Å²) in [6, 6.07) is 13.6. The van der Waals surface area contributed by atoms with Gasteiger partial charge in [0.15, 0.2) is 0 Å². The Morgan fingerprint density at radius 1 is 0.952 bits per heavy atom. The zero-order valence-electron chi connectivity index (χ0n) is 11.2. The lowest BCUT2D eigenvalue weighted by molar-refractivity contribution is -0.136. The first kappa shape index (κ1) is 14.6. The average molecular weight is 285 g/mol.